The van der Waals surface area contributed by atoms with Crippen LogP contribution in [0.5, 0.6) is 0 Å². The standard InChI is InChI=1S/C20H22ClF2N3OS/c1-14-2-4-16(25-11-14)12-24-13-20(22)6-8-26(9-7-20)19(27)15-3-5-18(28-23)17(21)10-15/h2-5,10-11,24H,6-9,12-13H2,1H3. The van der Waals surface area contributed by atoms with Crippen LogP contribution in [0.1, 0.15) is 34.5 Å². The van der Waals surface area contributed by atoms with Crippen LogP contribution in [0.4, 0.5) is 8.28 Å². The van der Waals surface area contributed by atoms with Crippen LogP contribution < -0.4 is 5.32 Å². The van der Waals surface area contributed by atoms with Gasteiger partial charge in [-0.05, 0) is 36.8 Å². The smallest absolute Gasteiger partial charge is 0.253 e. The van der Waals surface area contributed by atoms with Gasteiger partial charge in [0.1, 0.15) is 5.67 Å². The number of aromatic nitrogens is 1. The highest BCUT2D eigenvalue weighted by atomic mass is 35.5. The first-order valence-electron chi connectivity index (χ1n) is 9.09. The number of benzene rings is 1. The Hall–Kier alpha value is -1.70. The molecule has 1 aliphatic heterocycles. The molecular formula is C20H22ClF2N3OS. The van der Waals surface area contributed by atoms with Gasteiger partial charge >= 0.3 is 0 Å². The molecule has 2 aromatic rings. The fourth-order valence-electron chi connectivity index (χ4n) is 3.18. The number of rotatable bonds is 6. The molecule has 0 spiro atoms. The highest BCUT2D eigenvalue weighted by Gasteiger charge is 2.35. The quantitative estimate of drug-likeness (QED) is 0.725. The van der Waals surface area contributed by atoms with E-state index in [0.717, 1.165) is 11.3 Å². The molecule has 1 N–H and O–H groups in total. The number of hydrogen-bond acceptors (Lipinski definition) is 4. The molecule has 3 rings (SSSR count). The van der Waals surface area contributed by atoms with Crippen molar-refractivity contribution < 1.29 is 13.1 Å². The molecule has 0 saturated carbocycles. The molecule has 1 aliphatic rings. The minimum Gasteiger partial charge on any atom is -0.338 e. The number of hydrogen-bond donors (Lipinski definition) is 1. The topological polar surface area (TPSA) is 45.2 Å². The SMILES string of the molecule is Cc1ccc(CNCC2(F)CCN(C(=O)c3ccc(SF)c(Cl)c3)CC2)nc1. The van der Waals surface area contributed by atoms with E-state index in [9.17, 15) is 8.68 Å². The Labute approximate surface area is 173 Å². The molecule has 4 nitrogen and oxygen atoms in total. The van der Waals surface area contributed by atoms with Crippen LogP contribution in [0, 0.1) is 6.92 Å². The predicted molar refractivity (Wildman–Crippen MR) is 108 cm³/mol. The second-order valence-electron chi connectivity index (χ2n) is 7.10. The van der Waals surface area contributed by atoms with Gasteiger partial charge in [-0.1, -0.05) is 17.7 Å². The van der Waals surface area contributed by atoms with E-state index >= 15 is 4.39 Å². The third kappa shape index (κ3) is 5.21. The molecule has 150 valence electrons. The molecule has 2 heterocycles. The molecule has 0 radical (unpaired) electrons. The van der Waals surface area contributed by atoms with Gasteiger partial charge in [0, 0.05) is 50.8 Å². The van der Waals surface area contributed by atoms with Crippen LogP contribution in [-0.2, 0) is 6.54 Å². The van der Waals surface area contributed by atoms with Crippen molar-refractivity contribution in [3.63, 3.8) is 0 Å². The molecule has 1 amide bonds. The lowest BCUT2D eigenvalue weighted by atomic mass is 9.92. The average Bonchev–Trinajstić information content (AvgIpc) is 2.69. The summed E-state index contributed by atoms with van der Waals surface area (Å²) in [6.07, 6.45) is 2.32. The van der Waals surface area contributed by atoms with Gasteiger partial charge < -0.3 is 10.2 Å². The van der Waals surface area contributed by atoms with Gasteiger partial charge in [0.05, 0.1) is 27.8 Å². The maximum absolute atomic E-state index is 15.1. The molecule has 1 fully saturated rings. The van der Waals surface area contributed by atoms with Crippen LogP contribution in [-0.4, -0.2) is 41.1 Å². The van der Waals surface area contributed by atoms with E-state index in [1.165, 1.54) is 12.1 Å². The fraction of sp³-hybridized carbons (Fsp3) is 0.400. The van der Waals surface area contributed by atoms with Crippen LogP contribution in [0.3, 0.4) is 0 Å². The minimum atomic E-state index is -1.35. The van der Waals surface area contributed by atoms with E-state index in [4.69, 9.17) is 11.6 Å². The van der Waals surface area contributed by atoms with Crippen molar-refractivity contribution in [2.75, 3.05) is 19.6 Å². The minimum absolute atomic E-state index is 0.0399. The zero-order chi connectivity index (χ0) is 20.1. The van der Waals surface area contributed by atoms with Gasteiger partial charge in [0.15, 0.2) is 0 Å². The monoisotopic (exact) mass is 425 g/mol. The number of aryl methyl sites for hydroxylation is 1. The molecule has 1 aromatic carbocycles. The maximum atomic E-state index is 15.1. The number of amides is 1. The van der Waals surface area contributed by atoms with Gasteiger partial charge in [-0.25, -0.2) is 4.39 Å². The Morgan fingerprint density at radius 2 is 2.07 bits per heavy atom. The summed E-state index contributed by atoms with van der Waals surface area (Å²) in [5.41, 5.74) is 0.988. The van der Waals surface area contributed by atoms with Crippen molar-refractivity contribution >= 4 is 29.7 Å². The lowest BCUT2D eigenvalue weighted by Crippen LogP contribution is -2.48. The molecule has 1 aromatic heterocycles. The van der Waals surface area contributed by atoms with Crippen molar-refractivity contribution in [3.8, 4) is 0 Å². The van der Waals surface area contributed by atoms with Crippen molar-refractivity contribution in [3.05, 3.63) is 58.4 Å². The number of halogens is 3. The summed E-state index contributed by atoms with van der Waals surface area (Å²) in [6, 6.07) is 8.38. The Bertz CT molecular complexity index is 827. The lowest BCUT2D eigenvalue weighted by Gasteiger charge is -2.36. The summed E-state index contributed by atoms with van der Waals surface area (Å²) >= 11 is 6.01. The van der Waals surface area contributed by atoms with E-state index in [-0.39, 0.29) is 47.4 Å². The Balaban J connectivity index is 1.50. The lowest BCUT2D eigenvalue weighted by molar-refractivity contribution is 0.0434. The average molecular weight is 426 g/mol. The third-order valence-corrected chi connectivity index (χ3v) is 5.88. The number of nitrogens with one attached hydrogen (secondary N) is 1. The summed E-state index contributed by atoms with van der Waals surface area (Å²) < 4.78 is 27.7. The summed E-state index contributed by atoms with van der Waals surface area (Å²) in [7, 11) is 0. The first-order valence-corrected chi connectivity index (χ1v) is 10.2. The first kappa shape index (κ1) is 21.0. The number of likely N-dealkylation sites (tertiary alicyclic amines) is 1. The van der Waals surface area contributed by atoms with Crippen molar-refractivity contribution in [1.29, 1.82) is 0 Å². The third-order valence-electron chi connectivity index (χ3n) is 4.93. The zero-order valence-electron chi connectivity index (χ0n) is 15.6. The molecular weight excluding hydrogens is 404 g/mol. The number of piperidine rings is 1. The van der Waals surface area contributed by atoms with Crippen LogP contribution >= 0.6 is 23.7 Å². The summed E-state index contributed by atoms with van der Waals surface area (Å²) in [6.45, 7) is 3.36. The van der Waals surface area contributed by atoms with Crippen molar-refractivity contribution in [2.24, 2.45) is 0 Å². The molecule has 0 atom stereocenters. The van der Waals surface area contributed by atoms with Crippen LogP contribution in [0.15, 0.2) is 41.4 Å². The van der Waals surface area contributed by atoms with E-state index in [1.54, 1.807) is 17.2 Å². The van der Waals surface area contributed by atoms with Gasteiger partial charge in [-0.15, -0.1) is 0 Å². The number of nitrogens with zero attached hydrogens (tertiary/aromatic N) is 2. The number of carbonyl (C=O) groups is 1. The molecule has 0 bridgehead atoms. The van der Waals surface area contributed by atoms with E-state index < -0.39 is 5.67 Å². The Morgan fingerprint density at radius 3 is 2.68 bits per heavy atom. The summed E-state index contributed by atoms with van der Waals surface area (Å²) in [5, 5.41) is 3.33. The van der Waals surface area contributed by atoms with Gasteiger partial charge in [-0.3, -0.25) is 9.78 Å². The normalized spacial score (nSPS) is 16.2. The van der Waals surface area contributed by atoms with E-state index in [1.807, 2.05) is 19.1 Å². The van der Waals surface area contributed by atoms with E-state index in [2.05, 4.69) is 10.3 Å². The van der Waals surface area contributed by atoms with Gasteiger partial charge in [0.2, 0.25) is 0 Å². The van der Waals surface area contributed by atoms with Crippen LogP contribution in [0.2, 0.25) is 5.02 Å². The highest BCUT2D eigenvalue weighted by Crippen LogP contribution is 2.30. The number of pyridine rings is 1. The Morgan fingerprint density at radius 1 is 1.32 bits per heavy atom. The Kier molecular flexibility index (Phi) is 6.91. The highest BCUT2D eigenvalue weighted by molar-refractivity contribution is 7.94. The number of carbonyl (C=O) groups excluding carboxylic acids is 1. The molecule has 1 saturated heterocycles. The molecule has 28 heavy (non-hydrogen) atoms. The predicted octanol–water partition coefficient (Wildman–Crippen LogP) is 4.75. The van der Waals surface area contributed by atoms with E-state index in [0.29, 0.717) is 25.2 Å². The maximum Gasteiger partial charge on any atom is 0.253 e. The fourth-order valence-corrected chi connectivity index (χ4v) is 3.70. The molecule has 0 unspecified atom stereocenters. The second-order valence-corrected chi connectivity index (χ2v) is 8.10. The first-order chi connectivity index (χ1) is 13.4. The number of alkyl halides is 1. The van der Waals surface area contributed by atoms with Gasteiger partial charge in [0.25, 0.3) is 5.91 Å². The summed E-state index contributed by atoms with van der Waals surface area (Å²) in [4.78, 5) is 18.8. The van der Waals surface area contributed by atoms with Crippen molar-refractivity contribution in [1.82, 2.24) is 15.2 Å². The molecule has 8 heteroatoms. The summed E-state index contributed by atoms with van der Waals surface area (Å²) in [5.74, 6) is -0.212. The second kappa shape index (κ2) is 9.20. The molecule has 0 aliphatic carbocycles. The van der Waals surface area contributed by atoms with Crippen molar-refractivity contribution in [2.45, 2.75) is 36.9 Å². The largest absolute Gasteiger partial charge is 0.338 e. The zero-order valence-corrected chi connectivity index (χ0v) is 17.1. The van der Waals surface area contributed by atoms with Crippen LogP contribution in [0.25, 0.3) is 0 Å². The van der Waals surface area contributed by atoms with Gasteiger partial charge in [-0.2, -0.15) is 3.89 Å².